The van der Waals surface area contributed by atoms with Gasteiger partial charge in [0.25, 0.3) is 0 Å². The molecule has 0 rings (SSSR count). The Morgan fingerprint density at radius 2 is 1.62 bits per heavy atom. The summed E-state index contributed by atoms with van der Waals surface area (Å²) in [6.07, 6.45) is 1.76. The average molecular weight is 241 g/mol. The van der Waals surface area contributed by atoms with Crippen LogP contribution in [0.1, 0.15) is 40.0 Å². The molecule has 0 aliphatic rings. The van der Waals surface area contributed by atoms with Crippen molar-refractivity contribution >= 4 is 17.8 Å². The third-order valence-electron chi connectivity index (χ3n) is 1.10. The van der Waals surface area contributed by atoms with Crippen LogP contribution in [0.25, 0.3) is 0 Å². The Labute approximate surface area is 117 Å². The fraction of sp³-hybridized carbons (Fsp3) is 0.667. The van der Waals surface area contributed by atoms with Crippen molar-refractivity contribution < 1.29 is 53.9 Å². The van der Waals surface area contributed by atoms with E-state index in [0.29, 0.717) is 0 Å². The zero-order valence-corrected chi connectivity index (χ0v) is 12.2. The largest absolute Gasteiger partial charge is 1.00 e. The number of carbonyl (C=O) groups excluding carboxylic acids is 3. The number of carboxylic acids is 1. The summed E-state index contributed by atoms with van der Waals surface area (Å²) in [6, 6.07) is 0. The number of unbranched alkanes of at least 4 members (excludes halogenated alkanes) is 1. The van der Waals surface area contributed by atoms with E-state index in [1.807, 2.05) is 0 Å². The van der Waals surface area contributed by atoms with Crippen LogP contribution in [0.5, 0.6) is 0 Å². The SMILES string of the molecule is CC(=O)NOC(=O)CC(=O)[O-].CCCC.[Na+]. The van der Waals surface area contributed by atoms with Crippen LogP contribution in [0.2, 0.25) is 0 Å². The summed E-state index contributed by atoms with van der Waals surface area (Å²) < 4.78 is 0. The quantitative estimate of drug-likeness (QED) is 0.315. The number of aliphatic carboxylic acids is 1. The monoisotopic (exact) mass is 241 g/mol. The Morgan fingerprint density at radius 1 is 1.19 bits per heavy atom. The van der Waals surface area contributed by atoms with E-state index in [1.54, 1.807) is 5.48 Å². The van der Waals surface area contributed by atoms with E-state index < -0.39 is 24.3 Å². The van der Waals surface area contributed by atoms with Gasteiger partial charge < -0.3 is 14.7 Å². The predicted molar refractivity (Wildman–Crippen MR) is 50.1 cm³/mol. The molecule has 0 aliphatic carbocycles. The first-order chi connectivity index (χ1) is 6.93. The fourth-order valence-corrected chi connectivity index (χ4v) is 0.283. The topological polar surface area (TPSA) is 95.5 Å². The maximum absolute atomic E-state index is 10.3. The second kappa shape index (κ2) is 14.4. The van der Waals surface area contributed by atoms with Gasteiger partial charge in [0.2, 0.25) is 5.91 Å². The first kappa shape index (κ1) is 20.8. The zero-order chi connectivity index (χ0) is 12.3. The van der Waals surface area contributed by atoms with Gasteiger partial charge in [0, 0.05) is 6.92 Å². The molecule has 0 fully saturated rings. The van der Waals surface area contributed by atoms with Crippen molar-refractivity contribution in [3.63, 3.8) is 0 Å². The van der Waals surface area contributed by atoms with Crippen molar-refractivity contribution in [2.45, 2.75) is 40.0 Å². The van der Waals surface area contributed by atoms with Crippen LogP contribution in [0.15, 0.2) is 0 Å². The van der Waals surface area contributed by atoms with Crippen LogP contribution in [0, 0.1) is 0 Å². The number of hydroxylamine groups is 1. The third kappa shape index (κ3) is 23.3. The van der Waals surface area contributed by atoms with Crippen molar-refractivity contribution in [1.29, 1.82) is 0 Å². The van der Waals surface area contributed by atoms with Crippen LogP contribution in [0.3, 0.4) is 0 Å². The number of nitrogens with one attached hydrogen (secondary N) is 1. The van der Waals surface area contributed by atoms with Crippen molar-refractivity contribution in [1.82, 2.24) is 5.48 Å². The molecule has 88 valence electrons. The summed E-state index contributed by atoms with van der Waals surface area (Å²) in [6.45, 7) is 5.48. The second-order valence-electron chi connectivity index (χ2n) is 2.68. The van der Waals surface area contributed by atoms with Gasteiger partial charge in [-0.3, -0.25) is 4.79 Å². The molecule has 0 atom stereocenters. The van der Waals surface area contributed by atoms with Crippen molar-refractivity contribution in [2.75, 3.05) is 0 Å². The Morgan fingerprint density at radius 3 is 1.88 bits per heavy atom. The van der Waals surface area contributed by atoms with E-state index >= 15 is 0 Å². The summed E-state index contributed by atoms with van der Waals surface area (Å²) in [5, 5.41) is 9.73. The van der Waals surface area contributed by atoms with Crippen LogP contribution in [-0.2, 0) is 19.2 Å². The predicted octanol–water partition coefficient (Wildman–Crippen LogP) is -3.47. The molecule has 1 amide bonds. The molecule has 0 aromatic carbocycles. The first-order valence-corrected chi connectivity index (χ1v) is 4.60. The van der Waals surface area contributed by atoms with Gasteiger partial charge in [-0.05, 0) is 0 Å². The van der Waals surface area contributed by atoms with Crippen LogP contribution >= 0.6 is 0 Å². The molecular formula is C9H16NNaO5. The number of amides is 1. The van der Waals surface area contributed by atoms with Crippen molar-refractivity contribution in [3.8, 4) is 0 Å². The van der Waals surface area contributed by atoms with E-state index in [4.69, 9.17) is 0 Å². The van der Waals surface area contributed by atoms with E-state index in [9.17, 15) is 19.5 Å². The molecule has 0 saturated heterocycles. The minimum atomic E-state index is -1.56. The van der Waals surface area contributed by atoms with E-state index in [1.165, 1.54) is 12.8 Å². The number of carbonyl (C=O) groups is 3. The molecule has 0 radical (unpaired) electrons. The van der Waals surface area contributed by atoms with Gasteiger partial charge in [-0.1, -0.05) is 26.7 Å². The summed E-state index contributed by atoms with van der Waals surface area (Å²) in [7, 11) is 0. The maximum Gasteiger partial charge on any atom is 1.00 e. The fourth-order valence-electron chi connectivity index (χ4n) is 0.283. The number of carboxylic acid groups (broad SMARTS) is 1. The van der Waals surface area contributed by atoms with Crippen molar-refractivity contribution in [2.24, 2.45) is 0 Å². The van der Waals surface area contributed by atoms with E-state index in [0.717, 1.165) is 6.92 Å². The van der Waals surface area contributed by atoms with Crippen molar-refractivity contribution in [3.05, 3.63) is 0 Å². The van der Waals surface area contributed by atoms with Crippen LogP contribution in [-0.4, -0.2) is 17.8 Å². The Kier molecular flexibility index (Phi) is 18.7. The molecule has 1 N–H and O–H groups in total. The summed E-state index contributed by atoms with van der Waals surface area (Å²) in [5.74, 6) is -3.21. The summed E-state index contributed by atoms with van der Waals surface area (Å²) in [5.41, 5.74) is 1.67. The molecule has 0 aliphatic heterocycles. The standard InChI is InChI=1S/C5H7NO5.C4H10.Na/c1-3(7)6-11-5(10)2-4(8)9;1-3-4-2;/h2H2,1H3,(H,6,7)(H,8,9);3-4H2,1-2H3;/q;;+1/p-1. The Balaban J connectivity index is -0.000000292. The van der Waals surface area contributed by atoms with Gasteiger partial charge >= 0.3 is 35.5 Å². The molecule has 0 aromatic heterocycles. The zero-order valence-electron chi connectivity index (χ0n) is 10.2. The van der Waals surface area contributed by atoms with Gasteiger partial charge in [0.05, 0.1) is 12.4 Å². The van der Waals surface area contributed by atoms with Gasteiger partial charge in [-0.2, -0.15) is 5.48 Å². The second-order valence-corrected chi connectivity index (χ2v) is 2.68. The molecule has 0 spiro atoms. The minimum absolute atomic E-state index is 0. The molecule has 0 heterocycles. The third-order valence-corrected chi connectivity index (χ3v) is 1.10. The molecule has 0 bridgehead atoms. The van der Waals surface area contributed by atoms with Crippen LogP contribution in [0.4, 0.5) is 0 Å². The molecule has 16 heavy (non-hydrogen) atoms. The Hall–Kier alpha value is -0.590. The molecular weight excluding hydrogens is 225 g/mol. The normalized spacial score (nSPS) is 7.69. The van der Waals surface area contributed by atoms with Gasteiger partial charge in [-0.25, -0.2) is 4.79 Å². The van der Waals surface area contributed by atoms with E-state index in [2.05, 4.69) is 18.7 Å². The number of hydrogen-bond donors (Lipinski definition) is 1. The van der Waals surface area contributed by atoms with Gasteiger partial charge in [0.15, 0.2) is 0 Å². The summed E-state index contributed by atoms with van der Waals surface area (Å²) >= 11 is 0. The molecule has 0 saturated carbocycles. The first-order valence-electron chi connectivity index (χ1n) is 4.60. The maximum atomic E-state index is 10.3. The Bertz CT molecular complexity index is 218. The minimum Gasteiger partial charge on any atom is -0.550 e. The number of rotatable bonds is 3. The average Bonchev–Trinajstić information content (AvgIpc) is 2.14. The van der Waals surface area contributed by atoms with E-state index in [-0.39, 0.29) is 29.6 Å². The van der Waals surface area contributed by atoms with Gasteiger partial charge in [0.1, 0.15) is 0 Å². The van der Waals surface area contributed by atoms with Gasteiger partial charge in [-0.15, -0.1) is 0 Å². The smallest absolute Gasteiger partial charge is 0.550 e. The molecule has 0 unspecified atom stereocenters. The molecule has 0 aromatic rings. The number of hydrogen-bond acceptors (Lipinski definition) is 5. The molecule has 7 heteroatoms. The van der Waals surface area contributed by atoms with Crippen LogP contribution < -0.4 is 40.1 Å². The summed E-state index contributed by atoms with van der Waals surface area (Å²) in [4.78, 5) is 34.1. The molecule has 6 nitrogen and oxygen atoms in total.